The van der Waals surface area contributed by atoms with Crippen molar-refractivity contribution in [2.24, 2.45) is 0 Å². The summed E-state index contributed by atoms with van der Waals surface area (Å²) in [5.41, 5.74) is 1.39. The molecule has 0 saturated heterocycles. The Morgan fingerprint density at radius 3 is 2.94 bits per heavy atom. The average molecular weight is 219 g/mol. The molecular formula is C12H10FNO2. The van der Waals surface area contributed by atoms with E-state index >= 15 is 0 Å². The van der Waals surface area contributed by atoms with Gasteiger partial charge in [-0.25, -0.2) is 9.18 Å². The van der Waals surface area contributed by atoms with Gasteiger partial charge in [-0.05, 0) is 12.1 Å². The van der Waals surface area contributed by atoms with Crippen molar-refractivity contribution in [2.75, 3.05) is 7.11 Å². The zero-order chi connectivity index (χ0) is 11.5. The number of alkyl halides is 1. The second-order valence-electron chi connectivity index (χ2n) is 3.30. The fourth-order valence-electron chi connectivity index (χ4n) is 1.63. The maximum Gasteiger partial charge on any atom is 0.338 e. The maximum absolute atomic E-state index is 12.7. The summed E-state index contributed by atoms with van der Waals surface area (Å²) < 4.78 is 17.4. The number of methoxy groups -OCH3 is 1. The zero-order valence-corrected chi connectivity index (χ0v) is 8.74. The first-order valence-corrected chi connectivity index (χ1v) is 4.79. The molecule has 2 aromatic rings. The minimum absolute atomic E-state index is 0.405. The standard InChI is InChI=1S/C12H10FNO2/c1-16-12(15)10-5-4-8(7-13)11-9(10)3-2-6-14-11/h2-6H,7H2,1H3. The summed E-state index contributed by atoms with van der Waals surface area (Å²) in [6.45, 7) is -0.602. The number of esters is 1. The highest BCUT2D eigenvalue weighted by Crippen LogP contribution is 2.22. The summed E-state index contributed by atoms with van der Waals surface area (Å²) in [6, 6.07) is 6.55. The largest absolute Gasteiger partial charge is 0.465 e. The maximum atomic E-state index is 12.7. The van der Waals surface area contributed by atoms with E-state index in [0.717, 1.165) is 0 Å². The van der Waals surface area contributed by atoms with Crippen LogP contribution in [-0.2, 0) is 11.4 Å². The van der Waals surface area contributed by atoms with E-state index in [4.69, 9.17) is 0 Å². The summed E-state index contributed by atoms with van der Waals surface area (Å²) in [7, 11) is 1.31. The SMILES string of the molecule is COC(=O)c1ccc(CF)c2ncccc12. The van der Waals surface area contributed by atoms with Gasteiger partial charge in [-0.1, -0.05) is 12.1 Å². The molecule has 4 heteroatoms. The van der Waals surface area contributed by atoms with Crippen LogP contribution in [0.4, 0.5) is 4.39 Å². The third-order valence-corrected chi connectivity index (χ3v) is 2.40. The fourth-order valence-corrected chi connectivity index (χ4v) is 1.63. The number of nitrogens with zero attached hydrogens (tertiary/aromatic N) is 1. The van der Waals surface area contributed by atoms with E-state index in [-0.39, 0.29) is 0 Å². The van der Waals surface area contributed by atoms with E-state index in [1.807, 2.05) is 0 Å². The van der Waals surface area contributed by atoms with Gasteiger partial charge in [0.25, 0.3) is 0 Å². The van der Waals surface area contributed by atoms with E-state index in [1.165, 1.54) is 7.11 Å². The van der Waals surface area contributed by atoms with E-state index < -0.39 is 12.6 Å². The van der Waals surface area contributed by atoms with E-state index in [1.54, 1.807) is 30.5 Å². The number of halogens is 1. The summed E-state index contributed by atoms with van der Waals surface area (Å²) >= 11 is 0. The Hall–Kier alpha value is -1.97. The Morgan fingerprint density at radius 2 is 2.25 bits per heavy atom. The fraction of sp³-hybridized carbons (Fsp3) is 0.167. The lowest BCUT2D eigenvalue weighted by Crippen LogP contribution is -2.03. The molecule has 2 rings (SSSR count). The van der Waals surface area contributed by atoms with Crippen LogP contribution < -0.4 is 0 Å². The van der Waals surface area contributed by atoms with Gasteiger partial charge in [0.05, 0.1) is 18.2 Å². The number of fused-ring (bicyclic) bond motifs is 1. The number of ether oxygens (including phenoxy) is 1. The second-order valence-corrected chi connectivity index (χ2v) is 3.30. The third-order valence-electron chi connectivity index (χ3n) is 2.40. The van der Waals surface area contributed by atoms with Crippen LogP contribution in [0.3, 0.4) is 0 Å². The topological polar surface area (TPSA) is 39.2 Å². The van der Waals surface area contributed by atoms with Crippen LogP contribution in [0.1, 0.15) is 15.9 Å². The molecule has 1 heterocycles. The van der Waals surface area contributed by atoms with Gasteiger partial charge in [0.15, 0.2) is 0 Å². The molecule has 16 heavy (non-hydrogen) atoms. The van der Waals surface area contributed by atoms with Crippen LogP contribution in [0.5, 0.6) is 0 Å². The lowest BCUT2D eigenvalue weighted by Gasteiger charge is -2.06. The van der Waals surface area contributed by atoms with Crippen LogP contribution >= 0.6 is 0 Å². The number of benzene rings is 1. The molecule has 0 spiro atoms. The summed E-state index contributed by atoms with van der Waals surface area (Å²) in [5, 5.41) is 0.615. The molecule has 0 aliphatic rings. The Kier molecular flexibility index (Phi) is 2.81. The predicted octanol–water partition coefficient (Wildman–Crippen LogP) is 2.49. The Morgan fingerprint density at radius 1 is 1.44 bits per heavy atom. The van der Waals surface area contributed by atoms with Crippen LogP contribution in [-0.4, -0.2) is 18.1 Å². The second kappa shape index (κ2) is 4.26. The molecule has 0 aliphatic heterocycles. The number of hydrogen-bond acceptors (Lipinski definition) is 3. The van der Waals surface area contributed by atoms with Crippen molar-refractivity contribution >= 4 is 16.9 Å². The molecule has 0 fully saturated rings. The number of rotatable bonds is 2. The highest BCUT2D eigenvalue weighted by molar-refractivity contribution is 6.04. The van der Waals surface area contributed by atoms with Crippen molar-refractivity contribution in [1.82, 2.24) is 4.98 Å². The molecule has 0 radical (unpaired) electrons. The van der Waals surface area contributed by atoms with Crippen LogP contribution in [0.2, 0.25) is 0 Å². The first-order chi connectivity index (χ1) is 7.77. The average Bonchev–Trinajstić information content (AvgIpc) is 2.36. The molecule has 0 atom stereocenters. The molecule has 0 N–H and O–H groups in total. The number of pyridine rings is 1. The predicted molar refractivity (Wildman–Crippen MR) is 57.9 cm³/mol. The van der Waals surface area contributed by atoms with Crippen LogP contribution in [0, 0.1) is 0 Å². The molecule has 0 aliphatic carbocycles. The normalized spacial score (nSPS) is 10.4. The Bertz CT molecular complexity index is 540. The van der Waals surface area contributed by atoms with Crippen molar-refractivity contribution in [1.29, 1.82) is 0 Å². The van der Waals surface area contributed by atoms with Crippen LogP contribution in [0.25, 0.3) is 10.9 Å². The molecule has 0 bridgehead atoms. The Balaban J connectivity index is 2.74. The van der Waals surface area contributed by atoms with Gasteiger partial charge in [0.1, 0.15) is 6.67 Å². The van der Waals surface area contributed by atoms with Gasteiger partial charge in [0.2, 0.25) is 0 Å². The molecule has 0 saturated carbocycles. The van der Waals surface area contributed by atoms with Gasteiger partial charge in [0, 0.05) is 17.1 Å². The van der Waals surface area contributed by atoms with Crippen molar-refractivity contribution in [2.45, 2.75) is 6.67 Å². The summed E-state index contributed by atoms with van der Waals surface area (Å²) in [6.07, 6.45) is 1.57. The lowest BCUT2D eigenvalue weighted by molar-refractivity contribution is 0.0603. The summed E-state index contributed by atoms with van der Waals surface area (Å²) in [5.74, 6) is -0.441. The van der Waals surface area contributed by atoms with E-state index in [0.29, 0.717) is 22.0 Å². The highest BCUT2D eigenvalue weighted by Gasteiger charge is 2.12. The molecule has 3 nitrogen and oxygen atoms in total. The first kappa shape index (κ1) is 10.5. The van der Waals surface area contributed by atoms with Crippen molar-refractivity contribution in [3.05, 3.63) is 41.6 Å². The number of carbonyl (C=O) groups excluding carboxylic acids is 1. The monoisotopic (exact) mass is 219 g/mol. The highest BCUT2D eigenvalue weighted by atomic mass is 19.1. The Labute approximate surface area is 91.9 Å². The third kappa shape index (κ3) is 1.62. The number of aromatic nitrogens is 1. The lowest BCUT2D eigenvalue weighted by atomic mass is 10.0. The molecule has 82 valence electrons. The van der Waals surface area contributed by atoms with Gasteiger partial charge in [-0.15, -0.1) is 0 Å². The minimum Gasteiger partial charge on any atom is -0.465 e. The van der Waals surface area contributed by atoms with Crippen LogP contribution in [0.15, 0.2) is 30.5 Å². The number of carbonyl (C=O) groups is 1. The summed E-state index contributed by atoms with van der Waals surface area (Å²) in [4.78, 5) is 15.6. The minimum atomic E-state index is -0.602. The van der Waals surface area contributed by atoms with Gasteiger partial charge in [-0.3, -0.25) is 4.98 Å². The first-order valence-electron chi connectivity index (χ1n) is 4.79. The molecule has 0 amide bonds. The van der Waals surface area contributed by atoms with Gasteiger partial charge in [-0.2, -0.15) is 0 Å². The van der Waals surface area contributed by atoms with Gasteiger partial charge < -0.3 is 4.74 Å². The molecular weight excluding hydrogens is 209 g/mol. The van der Waals surface area contributed by atoms with E-state index in [9.17, 15) is 9.18 Å². The van der Waals surface area contributed by atoms with Crippen molar-refractivity contribution < 1.29 is 13.9 Å². The quantitative estimate of drug-likeness (QED) is 0.728. The van der Waals surface area contributed by atoms with Crippen molar-refractivity contribution in [3.8, 4) is 0 Å². The smallest absolute Gasteiger partial charge is 0.338 e. The van der Waals surface area contributed by atoms with Crippen molar-refractivity contribution in [3.63, 3.8) is 0 Å². The molecule has 0 unspecified atom stereocenters. The number of hydrogen-bond donors (Lipinski definition) is 0. The zero-order valence-electron chi connectivity index (χ0n) is 8.74. The van der Waals surface area contributed by atoms with E-state index in [2.05, 4.69) is 9.72 Å². The van der Waals surface area contributed by atoms with Gasteiger partial charge >= 0.3 is 5.97 Å². The molecule has 1 aromatic heterocycles. The molecule has 1 aromatic carbocycles.